The van der Waals surface area contributed by atoms with E-state index in [1.807, 2.05) is 69.3 Å². The summed E-state index contributed by atoms with van der Waals surface area (Å²) >= 11 is 1.52. The normalized spacial score (nSPS) is 11.7. The van der Waals surface area contributed by atoms with Crippen LogP contribution in [0.1, 0.15) is 49.8 Å². The van der Waals surface area contributed by atoms with Gasteiger partial charge in [0.15, 0.2) is 0 Å². The first-order valence-corrected chi connectivity index (χ1v) is 11.7. The molecular formula is C25H34N2O2S. The van der Waals surface area contributed by atoms with E-state index < -0.39 is 6.04 Å². The summed E-state index contributed by atoms with van der Waals surface area (Å²) in [6.07, 6.45) is 2.55. The average Bonchev–Trinajstić information content (AvgIpc) is 2.74. The van der Waals surface area contributed by atoms with Crippen LogP contribution in [0, 0.1) is 13.8 Å². The molecular weight excluding hydrogens is 392 g/mol. The zero-order valence-corrected chi connectivity index (χ0v) is 19.4. The first-order valence-electron chi connectivity index (χ1n) is 10.8. The monoisotopic (exact) mass is 426 g/mol. The van der Waals surface area contributed by atoms with Crippen LogP contribution >= 0.6 is 11.8 Å². The number of rotatable bonds is 11. The van der Waals surface area contributed by atoms with Crippen molar-refractivity contribution in [3.8, 4) is 0 Å². The Hall–Kier alpha value is -2.27. The van der Waals surface area contributed by atoms with Crippen molar-refractivity contribution in [2.24, 2.45) is 0 Å². The number of nitrogens with zero attached hydrogens (tertiary/aromatic N) is 1. The molecule has 162 valence electrons. The Bertz CT molecular complexity index is 803. The van der Waals surface area contributed by atoms with Gasteiger partial charge in [0.1, 0.15) is 6.04 Å². The first-order chi connectivity index (χ1) is 14.4. The number of hydrogen-bond acceptors (Lipinski definition) is 3. The van der Waals surface area contributed by atoms with Crippen LogP contribution in [0.4, 0.5) is 0 Å². The summed E-state index contributed by atoms with van der Waals surface area (Å²) in [5.74, 6) is 0.235. The topological polar surface area (TPSA) is 49.4 Å². The van der Waals surface area contributed by atoms with Crippen LogP contribution in [-0.2, 0) is 16.1 Å². The Kier molecular flexibility index (Phi) is 9.95. The fourth-order valence-corrected chi connectivity index (χ4v) is 3.96. The lowest BCUT2D eigenvalue weighted by Gasteiger charge is -2.30. The Morgan fingerprint density at radius 3 is 2.13 bits per heavy atom. The summed E-state index contributed by atoms with van der Waals surface area (Å²) in [4.78, 5) is 28.9. The highest BCUT2D eigenvalue weighted by molar-refractivity contribution is 8.00. The van der Waals surface area contributed by atoms with E-state index in [0.717, 1.165) is 23.3 Å². The Balaban J connectivity index is 2.15. The molecule has 2 aromatic carbocycles. The fourth-order valence-electron chi connectivity index (χ4n) is 3.18. The number of benzene rings is 2. The number of nitrogens with one attached hydrogen (secondary N) is 1. The Labute approximate surface area is 185 Å². The smallest absolute Gasteiger partial charge is 0.242 e. The molecule has 2 amide bonds. The molecule has 0 aliphatic heterocycles. The van der Waals surface area contributed by atoms with Crippen molar-refractivity contribution in [3.05, 3.63) is 65.2 Å². The molecule has 1 atom stereocenters. The molecule has 0 spiro atoms. The highest BCUT2D eigenvalue weighted by Crippen LogP contribution is 2.21. The average molecular weight is 427 g/mol. The van der Waals surface area contributed by atoms with E-state index in [1.165, 1.54) is 22.9 Å². The van der Waals surface area contributed by atoms with Crippen LogP contribution in [0.15, 0.2) is 53.4 Å². The summed E-state index contributed by atoms with van der Waals surface area (Å²) in [7, 11) is 0. The lowest BCUT2D eigenvalue weighted by Crippen LogP contribution is -2.49. The van der Waals surface area contributed by atoms with Crippen LogP contribution in [-0.4, -0.2) is 35.1 Å². The summed E-state index contributed by atoms with van der Waals surface area (Å²) < 4.78 is 0. The third-order valence-corrected chi connectivity index (χ3v) is 6.07. The fraction of sp³-hybridized carbons (Fsp3) is 0.440. The molecule has 0 unspecified atom stereocenters. The second-order valence-corrected chi connectivity index (χ2v) is 8.73. The van der Waals surface area contributed by atoms with E-state index in [0.29, 0.717) is 25.3 Å². The van der Waals surface area contributed by atoms with Gasteiger partial charge in [0, 0.05) is 18.0 Å². The van der Waals surface area contributed by atoms with Gasteiger partial charge in [-0.25, -0.2) is 0 Å². The zero-order valence-electron chi connectivity index (χ0n) is 18.6. The molecule has 30 heavy (non-hydrogen) atoms. The summed E-state index contributed by atoms with van der Waals surface area (Å²) in [5.41, 5.74) is 3.41. The quantitative estimate of drug-likeness (QED) is 0.401. The van der Waals surface area contributed by atoms with Gasteiger partial charge >= 0.3 is 0 Å². The van der Waals surface area contributed by atoms with Crippen LogP contribution < -0.4 is 5.32 Å². The number of carbonyl (C=O) groups is 2. The van der Waals surface area contributed by atoms with Crippen LogP contribution in [0.2, 0.25) is 0 Å². The predicted octanol–water partition coefficient (Wildman–Crippen LogP) is 5.12. The molecule has 0 aromatic heterocycles. The lowest BCUT2D eigenvalue weighted by molar-refractivity contribution is -0.139. The largest absolute Gasteiger partial charge is 0.354 e. The van der Waals surface area contributed by atoms with Gasteiger partial charge in [0.25, 0.3) is 0 Å². The van der Waals surface area contributed by atoms with E-state index >= 15 is 0 Å². The summed E-state index contributed by atoms with van der Waals surface area (Å²) in [6, 6.07) is 15.9. The highest BCUT2D eigenvalue weighted by atomic mass is 32.2. The third kappa shape index (κ3) is 7.52. The van der Waals surface area contributed by atoms with Gasteiger partial charge in [-0.2, -0.15) is 0 Å². The van der Waals surface area contributed by atoms with Crippen molar-refractivity contribution in [1.29, 1.82) is 0 Å². The van der Waals surface area contributed by atoms with Crippen molar-refractivity contribution in [3.63, 3.8) is 0 Å². The van der Waals surface area contributed by atoms with Gasteiger partial charge in [0.2, 0.25) is 11.8 Å². The van der Waals surface area contributed by atoms with Crippen molar-refractivity contribution in [2.45, 2.75) is 64.4 Å². The molecule has 0 saturated heterocycles. The number of amides is 2. The van der Waals surface area contributed by atoms with Crippen molar-refractivity contribution in [1.82, 2.24) is 10.2 Å². The minimum absolute atomic E-state index is 0.0151. The maximum atomic E-state index is 13.2. The molecule has 0 fully saturated rings. The molecule has 2 rings (SSSR count). The maximum absolute atomic E-state index is 13.2. The van der Waals surface area contributed by atoms with Gasteiger partial charge in [0.05, 0.1) is 5.75 Å². The van der Waals surface area contributed by atoms with Crippen LogP contribution in [0.3, 0.4) is 0 Å². The maximum Gasteiger partial charge on any atom is 0.242 e. The van der Waals surface area contributed by atoms with E-state index in [2.05, 4.69) is 12.2 Å². The molecule has 4 nitrogen and oxygen atoms in total. The summed E-state index contributed by atoms with van der Waals surface area (Å²) in [5, 5.41) is 3.01. The Morgan fingerprint density at radius 2 is 1.57 bits per heavy atom. The molecule has 1 N–H and O–H groups in total. The lowest BCUT2D eigenvalue weighted by atomic mass is 10.1. The molecule has 0 bridgehead atoms. The molecule has 2 aromatic rings. The standard InChI is InChI=1S/C25H34N2O2S/c1-5-7-16-26-25(29)23(6-2)27(17-21-12-8-19(3)9-13-21)24(28)18-30-22-14-10-20(4)11-15-22/h8-15,23H,5-7,16-18H2,1-4H3,(H,26,29)/t23-/m1/s1. The minimum atomic E-state index is -0.464. The SMILES string of the molecule is CCCCNC(=O)[C@@H](CC)N(Cc1ccc(C)cc1)C(=O)CSc1ccc(C)cc1. The highest BCUT2D eigenvalue weighted by Gasteiger charge is 2.28. The first kappa shape index (κ1) is 24.0. The van der Waals surface area contributed by atoms with E-state index in [4.69, 9.17) is 0 Å². The van der Waals surface area contributed by atoms with Crippen molar-refractivity contribution < 1.29 is 9.59 Å². The number of thioether (sulfide) groups is 1. The molecule has 0 saturated carbocycles. The second kappa shape index (κ2) is 12.4. The van der Waals surface area contributed by atoms with Gasteiger partial charge < -0.3 is 10.2 Å². The zero-order chi connectivity index (χ0) is 21.9. The number of carbonyl (C=O) groups excluding carboxylic acids is 2. The number of aryl methyl sites for hydroxylation is 2. The molecule has 0 heterocycles. The van der Waals surface area contributed by atoms with Crippen LogP contribution in [0.25, 0.3) is 0 Å². The molecule has 0 aliphatic rings. The van der Waals surface area contributed by atoms with Gasteiger partial charge in [-0.15, -0.1) is 11.8 Å². The predicted molar refractivity (Wildman–Crippen MR) is 126 cm³/mol. The van der Waals surface area contributed by atoms with Gasteiger partial charge in [-0.05, 0) is 44.4 Å². The number of unbranched alkanes of at least 4 members (excludes halogenated alkanes) is 1. The van der Waals surface area contributed by atoms with Gasteiger partial charge in [-0.1, -0.05) is 67.8 Å². The van der Waals surface area contributed by atoms with E-state index in [9.17, 15) is 9.59 Å². The molecule has 5 heteroatoms. The van der Waals surface area contributed by atoms with Crippen molar-refractivity contribution >= 4 is 23.6 Å². The van der Waals surface area contributed by atoms with E-state index in [1.54, 1.807) is 4.90 Å². The van der Waals surface area contributed by atoms with Gasteiger partial charge in [-0.3, -0.25) is 9.59 Å². The Morgan fingerprint density at radius 1 is 0.967 bits per heavy atom. The number of hydrogen-bond donors (Lipinski definition) is 1. The summed E-state index contributed by atoms with van der Waals surface area (Å²) in [6.45, 7) is 9.24. The van der Waals surface area contributed by atoms with Crippen molar-refractivity contribution in [2.75, 3.05) is 12.3 Å². The van der Waals surface area contributed by atoms with E-state index in [-0.39, 0.29) is 11.8 Å². The second-order valence-electron chi connectivity index (χ2n) is 7.68. The minimum Gasteiger partial charge on any atom is -0.354 e. The molecule has 0 radical (unpaired) electrons. The third-order valence-electron chi connectivity index (χ3n) is 5.07. The van der Waals surface area contributed by atoms with Crippen LogP contribution in [0.5, 0.6) is 0 Å². The molecule has 0 aliphatic carbocycles.